The number of hydrogen-bond donors (Lipinski definition) is 1. The zero-order valence-corrected chi connectivity index (χ0v) is 12.9. The number of H-pyrrole nitrogens is 1. The molecule has 0 fully saturated rings. The van der Waals surface area contributed by atoms with Crippen LogP contribution in [0.3, 0.4) is 0 Å². The summed E-state index contributed by atoms with van der Waals surface area (Å²) in [5.74, 6) is 0. The molecule has 3 aromatic heterocycles. The standard InChI is InChI=1S/C13H12N2OS3/c1-7-3-4-10(19-7)8(2)15-12(16)9-5-6-18-11(9)14-13(15)17/h3-6,8H,1-2H3,(H,14,17). The highest BCUT2D eigenvalue weighted by Crippen LogP contribution is 2.25. The van der Waals surface area contributed by atoms with E-state index in [-0.39, 0.29) is 11.6 Å². The Morgan fingerprint density at radius 2 is 2.16 bits per heavy atom. The van der Waals surface area contributed by atoms with Crippen LogP contribution in [0.5, 0.6) is 0 Å². The maximum absolute atomic E-state index is 12.5. The molecule has 19 heavy (non-hydrogen) atoms. The van der Waals surface area contributed by atoms with Gasteiger partial charge >= 0.3 is 0 Å². The van der Waals surface area contributed by atoms with Crippen molar-refractivity contribution in [2.45, 2.75) is 19.9 Å². The summed E-state index contributed by atoms with van der Waals surface area (Å²) in [5.41, 5.74) is -0.0152. The second-order valence-electron chi connectivity index (χ2n) is 4.39. The molecular formula is C13H12N2OS3. The first-order valence-electron chi connectivity index (χ1n) is 5.86. The number of fused-ring (bicyclic) bond motifs is 1. The number of aromatic amines is 1. The van der Waals surface area contributed by atoms with Crippen molar-refractivity contribution in [1.82, 2.24) is 9.55 Å². The molecule has 3 rings (SSSR count). The minimum absolute atomic E-state index is 0.0152. The molecule has 1 N–H and O–H groups in total. The monoisotopic (exact) mass is 308 g/mol. The van der Waals surface area contributed by atoms with E-state index in [2.05, 4.69) is 24.0 Å². The Morgan fingerprint density at radius 3 is 2.84 bits per heavy atom. The smallest absolute Gasteiger partial charge is 0.263 e. The van der Waals surface area contributed by atoms with E-state index >= 15 is 0 Å². The lowest BCUT2D eigenvalue weighted by Gasteiger charge is -2.13. The average molecular weight is 308 g/mol. The average Bonchev–Trinajstić information content (AvgIpc) is 2.97. The van der Waals surface area contributed by atoms with Crippen molar-refractivity contribution in [2.24, 2.45) is 0 Å². The summed E-state index contributed by atoms with van der Waals surface area (Å²) < 4.78 is 2.15. The predicted octanol–water partition coefficient (Wildman–Crippen LogP) is 4.10. The van der Waals surface area contributed by atoms with Crippen molar-refractivity contribution in [3.8, 4) is 0 Å². The van der Waals surface area contributed by atoms with Crippen molar-refractivity contribution < 1.29 is 0 Å². The highest BCUT2D eigenvalue weighted by atomic mass is 32.1. The molecule has 0 spiro atoms. The third kappa shape index (κ3) is 2.09. The zero-order chi connectivity index (χ0) is 13.6. The maximum atomic E-state index is 12.5. The molecule has 6 heteroatoms. The van der Waals surface area contributed by atoms with E-state index in [0.29, 0.717) is 10.2 Å². The minimum atomic E-state index is -0.0424. The van der Waals surface area contributed by atoms with E-state index in [1.54, 1.807) is 15.9 Å². The fraction of sp³-hybridized carbons (Fsp3) is 0.231. The van der Waals surface area contributed by atoms with Gasteiger partial charge in [-0.2, -0.15) is 0 Å². The minimum Gasteiger partial charge on any atom is -0.323 e. The normalized spacial score (nSPS) is 12.9. The molecule has 0 aromatic carbocycles. The topological polar surface area (TPSA) is 37.8 Å². The van der Waals surface area contributed by atoms with Gasteiger partial charge in [-0.25, -0.2) is 0 Å². The van der Waals surface area contributed by atoms with Crippen molar-refractivity contribution >= 4 is 45.1 Å². The van der Waals surface area contributed by atoms with Crippen LogP contribution in [0.25, 0.3) is 10.2 Å². The van der Waals surface area contributed by atoms with Gasteiger partial charge in [-0.3, -0.25) is 9.36 Å². The molecule has 0 aliphatic heterocycles. The van der Waals surface area contributed by atoms with Crippen LogP contribution in [0.2, 0.25) is 0 Å². The van der Waals surface area contributed by atoms with Crippen molar-refractivity contribution in [3.05, 3.63) is 48.5 Å². The number of rotatable bonds is 2. The van der Waals surface area contributed by atoms with E-state index < -0.39 is 0 Å². The van der Waals surface area contributed by atoms with E-state index in [1.165, 1.54) is 16.2 Å². The molecule has 0 saturated heterocycles. The molecule has 0 radical (unpaired) electrons. The summed E-state index contributed by atoms with van der Waals surface area (Å²) in [4.78, 5) is 18.9. The molecule has 3 nitrogen and oxygen atoms in total. The molecule has 3 heterocycles. The van der Waals surface area contributed by atoms with E-state index in [1.807, 2.05) is 18.4 Å². The fourth-order valence-corrected chi connectivity index (χ4v) is 4.22. The van der Waals surface area contributed by atoms with Crippen LogP contribution in [0, 0.1) is 11.7 Å². The Kier molecular flexibility index (Phi) is 3.16. The molecule has 0 aliphatic rings. The molecule has 0 amide bonds. The molecule has 0 bridgehead atoms. The lowest BCUT2D eigenvalue weighted by molar-refractivity contribution is 0.609. The molecule has 1 unspecified atom stereocenters. The number of aryl methyl sites for hydroxylation is 1. The first-order chi connectivity index (χ1) is 9.08. The van der Waals surface area contributed by atoms with E-state index in [0.717, 1.165) is 9.71 Å². The van der Waals surface area contributed by atoms with Gasteiger partial charge < -0.3 is 4.98 Å². The SMILES string of the molecule is Cc1ccc(C(C)n2c(=S)[nH]c3sccc3c2=O)s1. The summed E-state index contributed by atoms with van der Waals surface area (Å²) in [6, 6.07) is 5.93. The summed E-state index contributed by atoms with van der Waals surface area (Å²) in [5, 5.41) is 2.61. The van der Waals surface area contributed by atoms with Crippen LogP contribution in [0.1, 0.15) is 22.7 Å². The highest BCUT2D eigenvalue weighted by molar-refractivity contribution is 7.71. The highest BCUT2D eigenvalue weighted by Gasteiger charge is 2.15. The summed E-state index contributed by atoms with van der Waals surface area (Å²) >= 11 is 8.54. The van der Waals surface area contributed by atoms with Gasteiger partial charge in [-0.1, -0.05) is 0 Å². The predicted molar refractivity (Wildman–Crippen MR) is 84.1 cm³/mol. The van der Waals surface area contributed by atoms with Crippen LogP contribution in [0.4, 0.5) is 0 Å². The first kappa shape index (κ1) is 12.8. The molecular weight excluding hydrogens is 296 g/mol. The van der Waals surface area contributed by atoms with Crippen molar-refractivity contribution in [2.75, 3.05) is 0 Å². The van der Waals surface area contributed by atoms with Crippen molar-refractivity contribution in [3.63, 3.8) is 0 Å². The Bertz CT molecular complexity index is 853. The lowest BCUT2D eigenvalue weighted by atomic mass is 10.2. The van der Waals surface area contributed by atoms with Crippen LogP contribution < -0.4 is 5.56 Å². The Balaban J connectivity index is 2.25. The second kappa shape index (κ2) is 4.70. The van der Waals surface area contributed by atoms with Gasteiger partial charge in [0, 0.05) is 9.75 Å². The van der Waals surface area contributed by atoms with Gasteiger partial charge in [-0.15, -0.1) is 22.7 Å². The summed E-state index contributed by atoms with van der Waals surface area (Å²) in [6.45, 7) is 4.07. The third-order valence-corrected chi connectivity index (χ3v) is 5.41. The van der Waals surface area contributed by atoms with Crippen LogP contribution in [-0.2, 0) is 0 Å². The van der Waals surface area contributed by atoms with Crippen LogP contribution >= 0.6 is 34.9 Å². The van der Waals surface area contributed by atoms with Crippen molar-refractivity contribution in [1.29, 1.82) is 0 Å². The molecule has 98 valence electrons. The molecule has 0 saturated carbocycles. The Hall–Kier alpha value is -1.24. The molecule has 0 aliphatic carbocycles. The van der Waals surface area contributed by atoms with Crippen LogP contribution in [0.15, 0.2) is 28.4 Å². The number of aromatic nitrogens is 2. The number of hydrogen-bond acceptors (Lipinski definition) is 4. The number of nitrogens with one attached hydrogen (secondary N) is 1. The summed E-state index contributed by atoms with van der Waals surface area (Å²) in [6.07, 6.45) is 0. The third-order valence-electron chi connectivity index (χ3n) is 3.11. The largest absolute Gasteiger partial charge is 0.323 e. The Labute approximate surface area is 123 Å². The number of nitrogens with zero attached hydrogens (tertiary/aromatic N) is 1. The van der Waals surface area contributed by atoms with E-state index in [4.69, 9.17) is 12.2 Å². The van der Waals surface area contributed by atoms with Gasteiger partial charge in [0.1, 0.15) is 4.83 Å². The van der Waals surface area contributed by atoms with Gasteiger partial charge in [0.05, 0.1) is 11.4 Å². The van der Waals surface area contributed by atoms with Crippen LogP contribution in [-0.4, -0.2) is 9.55 Å². The first-order valence-corrected chi connectivity index (χ1v) is 7.96. The van der Waals surface area contributed by atoms with E-state index in [9.17, 15) is 4.79 Å². The zero-order valence-electron chi connectivity index (χ0n) is 10.5. The van der Waals surface area contributed by atoms with Gasteiger partial charge in [0.2, 0.25) is 0 Å². The van der Waals surface area contributed by atoms with Gasteiger partial charge in [-0.05, 0) is 49.6 Å². The molecule has 3 aromatic rings. The Morgan fingerprint density at radius 1 is 1.37 bits per heavy atom. The van der Waals surface area contributed by atoms with Gasteiger partial charge in [0.25, 0.3) is 5.56 Å². The fourth-order valence-electron chi connectivity index (χ4n) is 2.11. The quantitative estimate of drug-likeness (QED) is 0.724. The lowest BCUT2D eigenvalue weighted by Crippen LogP contribution is -2.24. The maximum Gasteiger partial charge on any atom is 0.263 e. The number of thiophene rings is 2. The second-order valence-corrected chi connectivity index (χ2v) is 7.02. The summed E-state index contributed by atoms with van der Waals surface area (Å²) in [7, 11) is 0. The van der Waals surface area contributed by atoms with Gasteiger partial charge in [0.15, 0.2) is 4.77 Å². The molecule has 1 atom stereocenters.